The van der Waals surface area contributed by atoms with E-state index in [1.807, 2.05) is 5.32 Å². The van der Waals surface area contributed by atoms with Crippen molar-refractivity contribution in [2.75, 3.05) is 14.2 Å². The summed E-state index contributed by atoms with van der Waals surface area (Å²) in [5.41, 5.74) is 0.649. The van der Waals surface area contributed by atoms with Crippen LogP contribution in [-0.2, 0) is 16.1 Å². The average Bonchev–Trinajstić information content (AvgIpc) is 2.65. The quantitative estimate of drug-likeness (QED) is 0.623. The van der Waals surface area contributed by atoms with Gasteiger partial charge in [-0.25, -0.2) is 4.79 Å². The van der Waals surface area contributed by atoms with Crippen LogP contribution in [0.5, 0.6) is 11.5 Å². The first-order valence-corrected chi connectivity index (χ1v) is 5.44. The number of ether oxygens (including phenoxy) is 2. The number of amides is 4. The van der Waals surface area contributed by atoms with Gasteiger partial charge in [-0.2, -0.15) is 0 Å². The average molecular weight is 264 g/mol. The van der Waals surface area contributed by atoms with Crippen LogP contribution in [0, 0.1) is 0 Å². The van der Waals surface area contributed by atoms with E-state index in [0.29, 0.717) is 17.1 Å². The molecule has 1 saturated heterocycles. The fraction of sp³-hybridized carbons (Fsp3) is 0.250. The number of hydrogen-bond donors (Lipinski definition) is 1. The Balaban J connectivity index is 2.22. The van der Waals surface area contributed by atoms with Crippen molar-refractivity contribution in [2.45, 2.75) is 6.54 Å². The number of nitrogens with one attached hydrogen (secondary N) is 1. The lowest BCUT2D eigenvalue weighted by atomic mass is 10.2. The number of carbonyl (C=O) groups excluding carboxylic acids is 3. The minimum atomic E-state index is -0.912. The Morgan fingerprint density at radius 2 is 1.79 bits per heavy atom. The summed E-state index contributed by atoms with van der Waals surface area (Å²) in [6, 6.07) is 4.27. The van der Waals surface area contributed by atoms with Crippen molar-refractivity contribution in [1.29, 1.82) is 0 Å². The standard InChI is InChI=1S/C12H12N2O5/c1-18-8-4-3-7(5-9(8)19-2)6-14-11(16)10(15)13-12(14)17/h3-5H,6H2,1-2H3,(H,13,15,17). The van der Waals surface area contributed by atoms with Crippen molar-refractivity contribution in [2.24, 2.45) is 0 Å². The second kappa shape index (κ2) is 4.97. The zero-order chi connectivity index (χ0) is 14.0. The maximum Gasteiger partial charge on any atom is 0.331 e. The van der Waals surface area contributed by atoms with E-state index in [0.717, 1.165) is 4.90 Å². The summed E-state index contributed by atoms with van der Waals surface area (Å²) < 4.78 is 10.2. The van der Waals surface area contributed by atoms with Gasteiger partial charge in [-0.15, -0.1) is 0 Å². The summed E-state index contributed by atoms with van der Waals surface area (Å²) in [4.78, 5) is 34.7. The molecule has 1 heterocycles. The maximum atomic E-state index is 11.4. The van der Waals surface area contributed by atoms with Crippen LogP contribution in [0.1, 0.15) is 5.56 Å². The van der Waals surface area contributed by atoms with Gasteiger partial charge in [0.05, 0.1) is 20.8 Å². The van der Waals surface area contributed by atoms with Crippen LogP contribution in [0.15, 0.2) is 18.2 Å². The highest BCUT2D eigenvalue weighted by atomic mass is 16.5. The number of rotatable bonds is 4. The molecule has 19 heavy (non-hydrogen) atoms. The van der Waals surface area contributed by atoms with E-state index < -0.39 is 17.8 Å². The van der Waals surface area contributed by atoms with Crippen LogP contribution in [0.3, 0.4) is 0 Å². The van der Waals surface area contributed by atoms with Crippen LogP contribution >= 0.6 is 0 Å². The van der Waals surface area contributed by atoms with Gasteiger partial charge in [0.15, 0.2) is 11.5 Å². The van der Waals surface area contributed by atoms with Crippen molar-refractivity contribution >= 4 is 17.8 Å². The lowest BCUT2D eigenvalue weighted by Gasteiger charge is -2.13. The molecule has 0 aliphatic carbocycles. The van der Waals surface area contributed by atoms with Crippen LogP contribution in [0.25, 0.3) is 0 Å². The van der Waals surface area contributed by atoms with Crippen molar-refractivity contribution in [3.05, 3.63) is 23.8 Å². The molecule has 1 fully saturated rings. The topological polar surface area (TPSA) is 84.9 Å². The molecule has 1 aromatic carbocycles. The third-order valence-electron chi connectivity index (χ3n) is 2.69. The molecular formula is C12H12N2O5. The molecule has 4 amide bonds. The molecule has 0 atom stereocenters. The van der Waals surface area contributed by atoms with Crippen molar-refractivity contribution in [1.82, 2.24) is 10.2 Å². The SMILES string of the molecule is COc1ccc(CN2C(=O)NC(=O)C2=O)cc1OC. The molecule has 0 unspecified atom stereocenters. The van der Waals surface area contributed by atoms with E-state index in [1.165, 1.54) is 14.2 Å². The van der Waals surface area contributed by atoms with Gasteiger partial charge in [-0.1, -0.05) is 6.07 Å². The molecule has 7 nitrogen and oxygen atoms in total. The highest BCUT2D eigenvalue weighted by molar-refractivity contribution is 6.44. The van der Waals surface area contributed by atoms with Gasteiger partial charge in [0, 0.05) is 0 Å². The van der Waals surface area contributed by atoms with Gasteiger partial charge in [0.25, 0.3) is 0 Å². The number of urea groups is 1. The predicted octanol–water partition coefficient (Wildman–Crippen LogP) is 0.282. The summed E-state index contributed by atoms with van der Waals surface area (Å²) in [6.45, 7) is -0.00321. The summed E-state index contributed by atoms with van der Waals surface area (Å²) in [5, 5.41) is 1.93. The zero-order valence-electron chi connectivity index (χ0n) is 10.4. The minimum absolute atomic E-state index is 0.00321. The van der Waals surface area contributed by atoms with Crippen LogP contribution in [-0.4, -0.2) is 37.0 Å². The maximum absolute atomic E-state index is 11.4. The van der Waals surface area contributed by atoms with Crippen LogP contribution < -0.4 is 14.8 Å². The second-order valence-electron chi connectivity index (χ2n) is 3.84. The van der Waals surface area contributed by atoms with Crippen molar-refractivity contribution < 1.29 is 23.9 Å². The lowest BCUT2D eigenvalue weighted by molar-refractivity contribution is -0.140. The van der Waals surface area contributed by atoms with E-state index in [1.54, 1.807) is 18.2 Å². The Morgan fingerprint density at radius 1 is 1.11 bits per heavy atom. The first kappa shape index (κ1) is 12.9. The van der Waals surface area contributed by atoms with E-state index >= 15 is 0 Å². The van der Waals surface area contributed by atoms with E-state index in [-0.39, 0.29) is 6.54 Å². The number of hydrogen-bond acceptors (Lipinski definition) is 5. The van der Waals surface area contributed by atoms with Gasteiger partial charge < -0.3 is 9.47 Å². The number of methoxy groups -OCH3 is 2. The van der Waals surface area contributed by atoms with Crippen molar-refractivity contribution in [3.8, 4) is 11.5 Å². The Kier molecular flexibility index (Phi) is 3.37. The first-order chi connectivity index (χ1) is 9.06. The summed E-state index contributed by atoms with van der Waals surface area (Å²) >= 11 is 0. The fourth-order valence-electron chi connectivity index (χ4n) is 1.74. The monoisotopic (exact) mass is 264 g/mol. The molecule has 0 radical (unpaired) electrons. The highest BCUT2D eigenvalue weighted by Crippen LogP contribution is 2.28. The molecule has 7 heteroatoms. The van der Waals surface area contributed by atoms with E-state index in [2.05, 4.69) is 0 Å². The Bertz CT molecular complexity index is 555. The fourth-order valence-corrected chi connectivity index (χ4v) is 1.74. The lowest BCUT2D eigenvalue weighted by Crippen LogP contribution is -2.30. The molecule has 2 rings (SSSR count). The first-order valence-electron chi connectivity index (χ1n) is 5.44. The highest BCUT2D eigenvalue weighted by Gasteiger charge is 2.36. The molecule has 1 aliphatic rings. The van der Waals surface area contributed by atoms with E-state index in [9.17, 15) is 14.4 Å². The molecule has 0 saturated carbocycles. The number of imide groups is 2. The van der Waals surface area contributed by atoms with Gasteiger partial charge in [-0.3, -0.25) is 19.8 Å². The van der Waals surface area contributed by atoms with Crippen molar-refractivity contribution in [3.63, 3.8) is 0 Å². The third-order valence-corrected chi connectivity index (χ3v) is 2.69. The van der Waals surface area contributed by atoms with E-state index in [4.69, 9.17) is 9.47 Å². The predicted molar refractivity (Wildman–Crippen MR) is 63.6 cm³/mol. The number of benzene rings is 1. The van der Waals surface area contributed by atoms with Gasteiger partial charge in [-0.05, 0) is 17.7 Å². The Labute approximate surface area is 109 Å². The summed E-state index contributed by atoms with van der Waals surface area (Å²) in [5.74, 6) is -0.747. The third kappa shape index (κ3) is 2.35. The second-order valence-corrected chi connectivity index (χ2v) is 3.84. The molecule has 1 aromatic rings. The molecule has 0 aromatic heterocycles. The normalized spacial score (nSPS) is 14.6. The Morgan fingerprint density at radius 3 is 2.32 bits per heavy atom. The van der Waals surface area contributed by atoms with Gasteiger partial charge >= 0.3 is 17.8 Å². The summed E-state index contributed by atoms with van der Waals surface area (Å²) in [6.07, 6.45) is 0. The largest absolute Gasteiger partial charge is 0.493 e. The van der Waals surface area contributed by atoms with Gasteiger partial charge in [0.2, 0.25) is 0 Å². The van der Waals surface area contributed by atoms with Gasteiger partial charge in [0.1, 0.15) is 0 Å². The molecular weight excluding hydrogens is 252 g/mol. The van der Waals surface area contributed by atoms with Crippen LogP contribution in [0.2, 0.25) is 0 Å². The summed E-state index contributed by atoms with van der Waals surface area (Å²) in [7, 11) is 2.99. The molecule has 0 spiro atoms. The Hall–Kier alpha value is -2.57. The smallest absolute Gasteiger partial charge is 0.331 e. The molecule has 0 bridgehead atoms. The number of nitrogens with zero attached hydrogens (tertiary/aromatic N) is 1. The minimum Gasteiger partial charge on any atom is -0.493 e. The molecule has 1 N–H and O–H groups in total. The van der Waals surface area contributed by atoms with Crippen LogP contribution in [0.4, 0.5) is 4.79 Å². The molecule has 100 valence electrons. The zero-order valence-corrected chi connectivity index (χ0v) is 10.4. The molecule has 1 aliphatic heterocycles. The number of carbonyl (C=O) groups is 3.